The lowest BCUT2D eigenvalue weighted by Crippen LogP contribution is -2.53. The van der Waals surface area contributed by atoms with Crippen LogP contribution in [0.5, 0.6) is 0 Å². The van der Waals surface area contributed by atoms with Crippen LogP contribution in [-0.2, 0) is 15.1 Å². The van der Waals surface area contributed by atoms with Crippen LogP contribution in [0.4, 0.5) is 5.69 Å². The van der Waals surface area contributed by atoms with Gasteiger partial charge in [-0.25, -0.2) is 5.43 Å². The maximum Gasteiger partial charge on any atom is 0.291 e. The second-order valence-electron chi connectivity index (χ2n) is 11.3. The number of nitrogens with zero attached hydrogens (tertiary/aromatic N) is 2. The van der Waals surface area contributed by atoms with Crippen LogP contribution in [0.3, 0.4) is 0 Å². The molecular weight excluding hydrogens is 450 g/mol. The number of aromatic nitrogens is 1. The van der Waals surface area contributed by atoms with Gasteiger partial charge in [0.05, 0.1) is 6.04 Å². The molecule has 2 aliphatic carbocycles. The van der Waals surface area contributed by atoms with Crippen LogP contribution in [0.2, 0.25) is 0 Å². The Morgan fingerprint density at radius 2 is 1.81 bits per heavy atom. The maximum atomic E-state index is 12.7. The zero-order valence-corrected chi connectivity index (χ0v) is 21.8. The van der Waals surface area contributed by atoms with Crippen LogP contribution < -0.4 is 16.2 Å². The monoisotopic (exact) mass is 489 g/mol. The zero-order chi connectivity index (χ0) is 25.3. The smallest absolute Gasteiger partial charge is 0.291 e. The molecule has 7 heteroatoms. The van der Waals surface area contributed by atoms with Crippen LogP contribution in [0.1, 0.15) is 80.7 Å². The molecule has 1 aromatic heterocycles. The first-order valence-electron chi connectivity index (χ1n) is 13.4. The summed E-state index contributed by atoms with van der Waals surface area (Å²) in [5.41, 5.74) is 11.1. The number of benzene rings is 1. The van der Waals surface area contributed by atoms with Gasteiger partial charge >= 0.3 is 0 Å². The molecule has 5 rings (SSSR count). The molecule has 2 saturated carbocycles. The molecule has 1 spiro atoms. The average molecular weight is 490 g/mol. The van der Waals surface area contributed by atoms with Crippen molar-refractivity contribution < 1.29 is 9.59 Å². The Labute approximate surface area is 214 Å². The van der Waals surface area contributed by atoms with Crippen molar-refractivity contribution in [2.45, 2.75) is 81.8 Å². The van der Waals surface area contributed by atoms with E-state index < -0.39 is 5.91 Å². The highest BCUT2D eigenvalue weighted by molar-refractivity contribution is 6.40. The minimum absolute atomic E-state index is 0.0113. The molecule has 1 aliphatic heterocycles. The summed E-state index contributed by atoms with van der Waals surface area (Å²) in [6.45, 7) is 1.97. The molecule has 1 aromatic carbocycles. The topological polar surface area (TPSA) is 86.4 Å². The Morgan fingerprint density at radius 1 is 1.08 bits per heavy atom. The highest BCUT2D eigenvalue weighted by atomic mass is 16.2. The zero-order valence-electron chi connectivity index (χ0n) is 21.8. The average Bonchev–Trinajstić information content (AvgIpc) is 3.25. The quantitative estimate of drug-likeness (QED) is 0.500. The van der Waals surface area contributed by atoms with E-state index in [1.165, 1.54) is 5.56 Å². The molecule has 3 N–H and O–H groups in total. The van der Waals surface area contributed by atoms with Crippen molar-refractivity contribution in [3.63, 3.8) is 0 Å². The number of hydrazine groups is 1. The van der Waals surface area contributed by atoms with Crippen molar-refractivity contribution in [3.05, 3.63) is 59.4 Å². The molecule has 0 radical (unpaired) electrons. The van der Waals surface area contributed by atoms with Crippen molar-refractivity contribution in [3.8, 4) is 0 Å². The number of ketones is 1. The molecule has 3 fully saturated rings. The predicted octanol–water partition coefficient (Wildman–Crippen LogP) is 4.40. The van der Waals surface area contributed by atoms with E-state index >= 15 is 0 Å². The minimum atomic E-state index is -0.509. The van der Waals surface area contributed by atoms with E-state index in [0.29, 0.717) is 18.0 Å². The van der Waals surface area contributed by atoms with E-state index in [4.69, 9.17) is 0 Å². The lowest BCUT2D eigenvalue weighted by Gasteiger charge is -2.49. The minimum Gasteiger partial charge on any atom is -0.319 e. The highest BCUT2D eigenvalue weighted by Gasteiger charge is 2.48. The summed E-state index contributed by atoms with van der Waals surface area (Å²) in [6, 6.07) is 12.7. The van der Waals surface area contributed by atoms with E-state index in [1.54, 1.807) is 6.20 Å². The summed E-state index contributed by atoms with van der Waals surface area (Å²) in [4.78, 5) is 32.1. The largest absolute Gasteiger partial charge is 0.319 e. The van der Waals surface area contributed by atoms with Gasteiger partial charge in [0.25, 0.3) is 5.91 Å². The third-order valence-electron chi connectivity index (χ3n) is 9.05. The number of nitrogens with one attached hydrogen (secondary N) is 3. The number of amides is 1. The van der Waals surface area contributed by atoms with E-state index in [0.717, 1.165) is 62.6 Å². The molecule has 1 saturated heterocycles. The van der Waals surface area contributed by atoms with Crippen molar-refractivity contribution in [1.29, 1.82) is 0 Å². The van der Waals surface area contributed by atoms with E-state index in [2.05, 4.69) is 70.5 Å². The molecule has 2 aromatic rings. The van der Waals surface area contributed by atoms with Crippen LogP contribution in [-0.4, -0.2) is 41.2 Å². The van der Waals surface area contributed by atoms with Gasteiger partial charge in [-0.1, -0.05) is 36.8 Å². The number of hydrogen-bond donors (Lipinski definition) is 3. The Bertz CT molecular complexity index is 1100. The Hall–Kier alpha value is -2.61. The van der Waals surface area contributed by atoms with Gasteiger partial charge < -0.3 is 5.32 Å². The van der Waals surface area contributed by atoms with Gasteiger partial charge in [0.1, 0.15) is 0 Å². The fourth-order valence-electron chi connectivity index (χ4n) is 6.49. The van der Waals surface area contributed by atoms with Gasteiger partial charge in [0.15, 0.2) is 0 Å². The maximum absolute atomic E-state index is 12.7. The third kappa shape index (κ3) is 4.72. The Kier molecular flexibility index (Phi) is 6.99. The number of carbonyl (C=O) groups is 2. The lowest BCUT2D eigenvalue weighted by molar-refractivity contribution is -0.135. The first-order chi connectivity index (χ1) is 17.3. The number of carbonyl (C=O) groups excluding carboxylic acids is 2. The molecule has 0 bridgehead atoms. The van der Waals surface area contributed by atoms with Gasteiger partial charge in [0, 0.05) is 40.6 Å². The molecule has 2 heterocycles. The SMILES string of the molecule is Cc1nccc(NC(=O)C(=O)CC2CCC2)c1[C@@H]1CC2(CCC(c3ccccc3)(N(C)C)CC2)NN1. The summed E-state index contributed by atoms with van der Waals surface area (Å²) in [5, 5.41) is 2.92. The van der Waals surface area contributed by atoms with Crippen molar-refractivity contribution in [1.82, 2.24) is 20.7 Å². The third-order valence-corrected chi connectivity index (χ3v) is 9.05. The molecular formula is C29H39N5O2. The second-order valence-corrected chi connectivity index (χ2v) is 11.3. The molecule has 192 valence electrons. The first-order valence-corrected chi connectivity index (χ1v) is 13.4. The standard InChI is InChI=1S/C29H39N5O2/c1-20-26(23(12-17-30-20)31-27(36)25(35)18-21-8-7-9-21)24-19-28(33-32-24)13-15-29(16-14-28,34(2)3)22-10-5-4-6-11-22/h4-6,10-12,17,21,24,32-33H,7-9,13-16,18-19H2,1-3H3,(H,30,31,36)/t24-,28?,29?/m0/s1. The number of Topliss-reactive ketones (excluding diaryl/α,β-unsaturated/α-hetero) is 1. The van der Waals surface area contributed by atoms with Crippen LogP contribution >= 0.6 is 0 Å². The summed E-state index contributed by atoms with van der Waals surface area (Å²) < 4.78 is 0. The second kappa shape index (κ2) is 10.0. The van der Waals surface area contributed by atoms with Crippen molar-refractivity contribution in [2.24, 2.45) is 5.92 Å². The molecule has 36 heavy (non-hydrogen) atoms. The normalized spacial score (nSPS) is 28.3. The Balaban J connectivity index is 1.30. The summed E-state index contributed by atoms with van der Waals surface area (Å²) in [7, 11) is 4.38. The van der Waals surface area contributed by atoms with E-state index in [9.17, 15) is 9.59 Å². The number of anilines is 1. The van der Waals surface area contributed by atoms with Crippen molar-refractivity contribution >= 4 is 17.4 Å². The van der Waals surface area contributed by atoms with Gasteiger partial charge in [-0.05, 0) is 83.5 Å². The van der Waals surface area contributed by atoms with Crippen LogP contribution in [0, 0.1) is 12.8 Å². The molecule has 1 atom stereocenters. The lowest BCUT2D eigenvalue weighted by atomic mass is 9.67. The van der Waals surface area contributed by atoms with Crippen LogP contribution in [0.25, 0.3) is 0 Å². The number of aryl methyl sites for hydroxylation is 1. The van der Waals surface area contributed by atoms with Gasteiger partial charge in [-0.2, -0.15) is 0 Å². The summed E-state index contributed by atoms with van der Waals surface area (Å²) in [5.74, 6) is -0.452. The molecule has 7 nitrogen and oxygen atoms in total. The highest BCUT2D eigenvalue weighted by Crippen LogP contribution is 2.49. The van der Waals surface area contributed by atoms with E-state index in [-0.39, 0.29) is 22.9 Å². The molecule has 3 aliphatic rings. The molecule has 1 amide bonds. The summed E-state index contributed by atoms with van der Waals surface area (Å²) >= 11 is 0. The van der Waals surface area contributed by atoms with Gasteiger partial charge in [-0.3, -0.25) is 24.9 Å². The fourth-order valence-corrected chi connectivity index (χ4v) is 6.49. The van der Waals surface area contributed by atoms with Gasteiger partial charge in [0.2, 0.25) is 5.78 Å². The predicted molar refractivity (Wildman–Crippen MR) is 141 cm³/mol. The first kappa shape index (κ1) is 25.1. The van der Waals surface area contributed by atoms with Gasteiger partial charge in [-0.15, -0.1) is 0 Å². The van der Waals surface area contributed by atoms with E-state index in [1.807, 2.05) is 13.0 Å². The van der Waals surface area contributed by atoms with Crippen molar-refractivity contribution in [2.75, 3.05) is 19.4 Å². The number of hydrogen-bond acceptors (Lipinski definition) is 6. The number of pyridine rings is 1. The Morgan fingerprint density at radius 3 is 2.44 bits per heavy atom. The fraction of sp³-hybridized carbons (Fsp3) is 0.552. The number of rotatable bonds is 7. The van der Waals surface area contributed by atoms with Crippen LogP contribution in [0.15, 0.2) is 42.6 Å². The summed E-state index contributed by atoms with van der Waals surface area (Å²) in [6.07, 6.45) is 10.5. The molecule has 0 unspecified atom stereocenters.